The zero-order valence-electron chi connectivity index (χ0n) is 16.2. The Balaban J connectivity index is 0.00000676. The van der Waals surface area contributed by atoms with Crippen LogP contribution in [0.5, 0.6) is 5.75 Å². The first-order valence-corrected chi connectivity index (χ1v) is 10.1. The maximum absolute atomic E-state index is 12.7. The average Bonchev–Trinajstić information content (AvgIpc) is 2.62. The third-order valence-corrected chi connectivity index (χ3v) is 5.92. The van der Waals surface area contributed by atoms with Crippen LogP contribution in [0.15, 0.2) is 23.1 Å². The molecule has 0 saturated carbocycles. The fourth-order valence-corrected chi connectivity index (χ4v) is 3.92. The van der Waals surface area contributed by atoms with Gasteiger partial charge in [0.1, 0.15) is 5.75 Å². The summed E-state index contributed by atoms with van der Waals surface area (Å²) in [5.74, 6) is 0.0710. The fraction of sp³-hybridized carbons (Fsp3) is 0.588. The Bertz CT molecular complexity index is 692. The van der Waals surface area contributed by atoms with Gasteiger partial charge in [0.2, 0.25) is 15.9 Å². The molecule has 0 heterocycles. The molecule has 0 aromatic heterocycles. The maximum Gasteiger partial charge on any atom is 0.243 e. The number of ether oxygens (including phenoxy) is 2. The van der Waals surface area contributed by atoms with Crippen LogP contribution in [0, 0.1) is 0 Å². The highest BCUT2D eigenvalue weighted by Crippen LogP contribution is 2.29. The van der Waals surface area contributed by atoms with Crippen molar-refractivity contribution in [2.75, 3.05) is 38.7 Å². The van der Waals surface area contributed by atoms with Gasteiger partial charge in [-0.15, -0.1) is 12.4 Å². The van der Waals surface area contributed by atoms with E-state index in [1.807, 2.05) is 6.92 Å². The number of rotatable bonds is 11. The third-order valence-electron chi connectivity index (χ3n) is 3.88. The number of carbonyl (C=O) groups is 1. The molecule has 0 aliphatic heterocycles. The minimum atomic E-state index is -3.64. The summed E-state index contributed by atoms with van der Waals surface area (Å²) in [7, 11) is -2.16. The van der Waals surface area contributed by atoms with E-state index in [1.54, 1.807) is 19.9 Å². The number of hydrogen-bond acceptors (Lipinski definition) is 6. The lowest BCUT2D eigenvalue weighted by Gasteiger charge is -2.20. The Morgan fingerprint density at radius 3 is 2.37 bits per heavy atom. The molecule has 1 aromatic rings. The fourth-order valence-electron chi connectivity index (χ4n) is 2.43. The molecule has 8 nitrogen and oxygen atoms in total. The van der Waals surface area contributed by atoms with Gasteiger partial charge in [-0.25, -0.2) is 8.42 Å². The van der Waals surface area contributed by atoms with Gasteiger partial charge in [-0.05, 0) is 25.1 Å². The van der Waals surface area contributed by atoms with Gasteiger partial charge < -0.3 is 20.5 Å². The number of halogens is 1. The van der Waals surface area contributed by atoms with Crippen molar-refractivity contribution < 1.29 is 22.7 Å². The lowest BCUT2D eigenvalue weighted by molar-refractivity contribution is -0.118. The minimum absolute atomic E-state index is 0. The van der Waals surface area contributed by atoms with E-state index in [4.69, 9.17) is 15.2 Å². The van der Waals surface area contributed by atoms with E-state index < -0.39 is 16.1 Å². The first-order valence-electron chi connectivity index (χ1n) is 8.63. The van der Waals surface area contributed by atoms with E-state index in [0.717, 1.165) is 0 Å². The molecule has 1 aromatic carbocycles. The molecule has 0 bridgehead atoms. The van der Waals surface area contributed by atoms with Crippen LogP contribution < -0.4 is 15.8 Å². The highest BCUT2D eigenvalue weighted by molar-refractivity contribution is 7.89. The summed E-state index contributed by atoms with van der Waals surface area (Å²) in [6, 6.07) is 4.44. The minimum Gasteiger partial charge on any atom is -0.492 e. The van der Waals surface area contributed by atoms with Gasteiger partial charge in [0.15, 0.2) is 0 Å². The number of sulfonamides is 1. The zero-order valence-corrected chi connectivity index (χ0v) is 17.9. The van der Waals surface area contributed by atoms with Crippen molar-refractivity contribution in [2.45, 2.75) is 38.2 Å². The van der Waals surface area contributed by atoms with Crippen LogP contribution in [0.25, 0.3) is 0 Å². The van der Waals surface area contributed by atoms with Gasteiger partial charge in [0.05, 0.1) is 29.7 Å². The van der Waals surface area contributed by atoms with Crippen LogP contribution in [0.4, 0.5) is 5.69 Å². The predicted octanol–water partition coefficient (Wildman–Crippen LogP) is 1.84. The van der Waals surface area contributed by atoms with Crippen molar-refractivity contribution in [3.63, 3.8) is 0 Å². The molecule has 0 radical (unpaired) electrons. The zero-order chi connectivity index (χ0) is 19.7. The largest absolute Gasteiger partial charge is 0.492 e. The molecular formula is C17H30ClN3O5S. The molecule has 1 rings (SSSR count). The summed E-state index contributed by atoms with van der Waals surface area (Å²) in [5.41, 5.74) is 5.84. The van der Waals surface area contributed by atoms with E-state index in [2.05, 4.69) is 5.32 Å². The Labute approximate surface area is 167 Å². The van der Waals surface area contributed by atoms with E-state index >= 15 is 0 Å². The van der Waals surface area contributed by atoms with Gasteiger partial charge in [-0.1, -0.05) is 13.8 Å². The Morgan fingerprint density at radius 2 is 1.89 bits per heavy atom. The summed E-state index contributed by atoms with van der Waals surface area (Å²) in [5, 5.41) is 2.70. The number of nitrogens with two attached hydrogens (primary N) is 1. The van der Waals surface area contributed by atoms with E-state index in [-0.39, 0.29) is 36.2 Å². The van der Waals surface area contributed by atoms with Gasteiger partial charge in [0.25, 0.3) is 0 Å². The molecule has 1 atom stereocenters. The van der Waals surface area contributed by atoms with Crippen LogP contribution >= 0.6 is 12.4 Å². The van der Waals surface area contributed by atoms with Gasteiger partial charge in [0, 0.05) is 26.7 Å². The Kier molecular flexibility index (Phi) is 11.5. The number of anilines is 1. The Morgan fingerprint density at radius 1 is 1.26 bits per heavy atom. The normalized spacial score (nSPS) is 12.4. The number of amides is 1. The van der Waals surface area contributed by atoms with Crippen molar-refractivity contribution in [3.05, 3.63) is 18.2 Å². The van der Waals surface area contributed by atoms with E-state index in [0.29, 0.717) is 31.1 Å². The molecule has 3 N–H and O–H groups in total. The second-order valence-electron chi connectivity index (χ2n) is 5.53. The second kappa shape index (κ2) is 12.1. The Hall–Kier alpha value is -1.39. The highest BCUT2D eigenvalue weighted by atomic mass is 35.5. The van der Waals surface area contributed by atoms with E-state index in [1.165, 1.54) is 23.5 Å². The summed E-state index contributed by atoms with van der Waals surface area (Å²) < 4.78 is 37.4. The molecule has 156 valence electrons. The number of nitrogens with one attached hydrogen (secondary N) is 1. The van der Waals surface area contributed by atoms with Crippen LogP contribution in [0.2, 0.25) is 0 Å². The van der Waals surface area contributed by atoms with Gasteiger partial charge in [-0.3, -0.25) is 4.79 Å². The summed E-state index contributed by atoms with van der Waals surface area (Å²) in [6.45, 7) is 6.67. The topological polar surface area (TPSA) is 111 Å². The lowest BCUT2D eigenvalue weighted by atomic mass is 10.2. The lowest BCUT2D eigenvalue weighted by Crippen LogP contribution is -2.31. The molecule has 10 heteroatoms. The summed E-state index contributed by atoms with van der Waals surface area (Å²) in [4.78, 5) is 12.3. The average molecular weight is 424 g/mol. The first-order chi connectivity index (χ1) is 12.3. The number of benzene rings is 1. The molecular weight excluding hydrogens is 394 g/mol. The van der Waals surface area contributed by atoms with Crippen molar-refractivity contribution in [3.8, 4) is 5.75 Å². The SMILES string of the molecule is CCOc1ccc(S(=O)(=O)N(CC)CC)cc1NC(=O)CC(CN)OC.Cl. The third kappa shape index (κ3) is 6.93. The molecule has 1 amide bonds. The van der Waals surface area contributed by atoms with Crippen molar-refractivity contribution >= 4 is 34.0 Å². The van der Waals surface area contributed by atoms with Gasteiger partial charge in [-0.2, -0.15) is 4.31 Å². The smallest absolute Gasteiger partial charge is 0.243 e. The summed E-state index contributed by atoms with van der Waals surface area (Å²) >= 11 is 0. The first kappa shape index (κ1) is 25.6. The van der Waals surface area contributed by atoms with Crippen LogP contribution in [0.3, 0.4) is 0 Å². The van der Waals surface area contributed by atoms with Crippen molar-refractivity contribution in [1.82, 2.24) is 4.31 Å². The number of carbonyl (C=O) groups excluding carboxylic acids is 1. The van der Waals surface area contributed by atoms with E-state index in [9.17, 15) is 13.2 Å². The molecule has 0 saturated heterocycles. The molecule has 0 fully saturated rings. The quantitative estimate of drug-likeness (QED) is 0.561. The van der Waals surface area contributed by atoms with Gasteiger partial charge >= 0.3 is 0 Å². The monoisotopic (exact) mass is 423 g/mol. The summed E-state index contributed by atoms with van der Waals surface area (Å²) in [6.07, 6.45) is -0.348. The molecule has 0 aliphatic rings. The molecule has 0 spiro atoms. The van der Waals surface area contributed by atoms with Crippen molar-refractivity contribution in [2.24, 2.45) is 5.73 Å². The molecule has 1 unspecified atom stereocenters. The second-order valence-corrected chi connectivity index (χ2v) is 7.46. The standard InChI is InChI=1S/C17H29N3O5S.ClH/c1-5-20(6-2)26(22,23)14-8-9-16(25-7-3)15(11-14)19-17(21)10-13(12-18)24-4;/h8-9,11,13H,5-7,10,12,18H2,1-4H3,(H,19,21);1H. The van der Waals surface area contributed by atoms with Crippen LogP contribution in [-0.4, -0.2) is 58.1 Å². The van der Waals surface area contributed by atoms with Crippen LogP contribution in [0.1, 0.15) is 27.2 Å². The molecule has 27 heavy (non-hydrogen) atoms. The van der Waals surface area contributed by atoms with Crippen molar-refractivity contribution in [1.29, 1.82) is 0 Å². The molecule has 0 aliphatic carbocycles. The number of nitrogens with zero attached hydrogens (tertiary/aromatic N) is 1. The highest BCUT2D eigenvalue weighted by Gasteiger charge is 2.23. The maximum atomic E-state index is 12.7. The van der Waals surface area contributed by atoms with Crippen LogP contribution in [-0.2, 0) is 19.6 Å². The number of hydrogen-bond donors (Lipinski definition) is 2. The predicted molar refractivity (Wildman–Crippen MR) is 108 cm³/mol. The number of methoxy groups -OCH3 is 1.